The second-order valence-electron chi connectivity index (χ2n) is 5.93. The Morgan fingerprint density at radius 3 is 2.67 bits per heavy atom. The van der Waals surface area contributed by atoms with Crippen molar-refractivity contribution in [2.45, 2.75) is 29.7 Å². The van der Waals surface area contributed by atoms with Crippen LogP contribution in [0, 0.1) is 0 Å². The monoisotopic (exact) mass is 337 g/mol. The molecular formula is C19H19N3OS. The summed E-state index contributed by atoms with van der Waals surface area (Å²) in [6.45, 7) is 0. The van der Waals surface area contributed by atoms with Crippen LogP contribution in [-0.2, 0) is 5.75 Å². The SMILES string of the molecule is COc1cccc(CSc2nnc(C3CC3)n2-c2ccccc2)c1. The highest BCUT2D eigenvalue weighted by atomic mass is 32.2. The van der Waals surface area contributed by atoms with Crippen LogP contribution in [0.3, 0.4) is 0 Å². The van der Waals surface area contributed by atoms with E-state index in [9.17, 15) is 0 Å². The Balaban J connectivity index is 1.61. The first-order valence-corrected chi connectivity index (χ1v) is 9.10. The Bertz CT molecular complexity index is 828. The molecule has 3 aromatic rings. The summed E-state index contributed by atoms with van der Waals surface area (Å²) in [4.78, 5) is 0. The number of methoxy groups -OCH3 is 1. The number of ether oxygens (including phenoxy) is 1. The van der Waals surface area contributed by atoms with Crippen LogP contribution in [0.5, 0.6) is 5.75 Å². The second kappa shape index (κ2) is 6.69. The number of thioether (sulfide) groups is 1. The lowest BCUT2D eigenvalue weighted by Gasteiger charge is -2.10. The quantitative estimate of drug-likeness (QED) is 0.623. The lowest BCUT2D eigenvalue weighted by atomic mass is 10.2. The van der Waals surface area contributed by atoms with E-state index in [0.29, 0.717) is 5.92 Å². The maximum absolute atomic E-state index is 5.30. The van der Waals surface area contributed by atoms with Gasteiger partial charge in [0.05, 0.1) is 7.11 Å². The molecule has 122 valence electrons. The fourth-order valence-corrected chi connectivity index (χ4v) is 3.61. The minimum atomic E-state index is 0.559. The molecule has 1 fully saturated rings. The van der Waals surface area contributed by atoms with Gasteiger partial charge in [-0.25, -0.2) is 0 Å². The summed E-state index contributed by atoms with van der Waals surface area (Å²) in [5, 5.41) is 9.87. The van der Waals surface area contributed by atoms with Crippen LogP contribution in [0.25, 0.3) is 5.69 Å². The van der Waals surface area contributed by atoms with E-state index in [1.54, 1.807) is 18.9 Å². The van der Waals surface area contributed by atoms with Crippen LogP contribution in [0.15, 0.2) is 59.8 Å². The molecule has 0 amide bonds. The van der Waals surface area contributed by atoms with Crippen LogP contribution in [0.2, 0.25) is 0 Å². The summed E-state index contributed by atoms with van der Waals surface area (Å²) in [7, 11) is 1.69. The molecule has 0 atom stereocenters. The van der Waals surface area contributed by atoms with E-state index in [-0.39, 0.29) is 0 Å². The zero-order chi connectivity index (χ0) is 16.4. The van der Waals surface area contributed by atoms with Crippen molar-refractivity contribution in [3.8, 4) is 11.4 Å². The lowest BCUT2D eigenvalue weighted by Crippen LogP contribution is -2.01. The fourth-order valence-electron chi connectivity index (χ4n) is 2.71. The minimum absolute atomic E-state index is 0.559. The molecule has 5 heteroatoms. The van der Waals surface area contributed by atoms with E-state index in [4.69, 9.17) is 4.74 Å². The van der Waals surface area contributed by atoms with Crippen molar-refractivity contribution < 1.29 is 4.74 Å². The van der Waals surface area contributed by atoms with Crippen molar-refractivity contribution in [1.29, 1.82) is 0 Å². The van der Waals surface area contributed by atoms with Gasteiger partial charge < -0.3 is 4.74 Å². The third-order valence-corrected chi connectivity index (χ3v) is 5.12. The molecule has 0 bridgehead atoms. The Hall–Kier alpha value is -2.27. The smallest absolute Gasteiger partial charge is 0.196 e. The van der Waals surface area contributed by atoms with Crippen LogP contribution in [0.1, 0.15) is 30.1 Å². The average Bonchev–Trinajstić information content (AvgIpc) is 3.40. The number of hydrogen-bond acceptors (Lipinski definition) is 4. The van der Waals surface area contributed by atoms with Crippen LogP contribution < -0.4 is 4.74 Å². The van der Waals surface area contributed by atoms with E-state index in [1.165, 1.54) is 18.4 Å². The highest BCUT2D eigenvalue weighted by Crippen LogP contribution is 2.41. The molecule has 24 heavy (non-hydrogen) atoms. The highest BCUT2D eigenvalue weighted by Gasteiger charge is 2.30. The maximum Gasteiger partial charge on any atom is 0.196 e. The van der Waals surface area contributed by atoms with Gasteiger partial charge in [-0.1, -0.05) is 42.1 Å². The second-order valence-corrected chi connectivity index (χ2v) is 6.87. The van der Waals surface area contributed by atoms with Crippen molar-refractivity contribution in [2.75, 3.05) is 7.11 Å². The Morgan fingerprint density at radius 1 is 1.08 bits per heavy atom. The zero-order valence-corrected chi connectivity index (χ0v) is 14.4. The van der Waals surface area contributed by atoms with Gasteiger partial charge in [0, 0.05) is 17.4 Å². The number of aromatic nitrogens is 3. The summed E-state index contributed by atoms with van der Waals surface area (Å²) < 4.78 is 7.51. The summed E-state index contributed by atoms with van der Waals surface area (Å²) in [6.07, 6.45) is 2.43. The van der Waals surface area contributed by atoms with Crippen LogP contribution >= 0.6 is 11.8 Å². The largest absolute Gasteiger partial charge is 0.497 e. The number of hydrogen-bond donors (Lipinski definition) is 0. The van der Waals surface area contributed by atoms with Gasteiger partial charge in [-0.05, 0) is 42.7 Å². The van der Waals surface area contributed by atoms with E-state index in [1.807, 2.05) is 18.2 Å². The third-order valence-electron chi connectivity index (χ3n) is 4.12. The predicted molar refractivity (Wildman–Crippen MR) is 95.9 cm³/mol. The van der Waals surface area contributed by atoms with Crippen molar-refractivity contribution in [3.05, 3.63) is 66.0 Å². The average molecular weight is 337 g/mol. The number of benzene rings is 2. The van der Waals surface area contributed by atoms with E-state index in [0.717, 1.165) is 28.2 Å². The van der Waals surface area contributed by atoms with Crippen molar-refractivity contribution >= 4 is 11.8 Å². The van der Waals surface area contributed by atoms with E-state index >= 15 is 0 Å². The molecule has 0 aliphatic heterocycles. The molecule has 1 aliphatic rings. The molecule has 0 unspecified atom stereocenters. The molecule has 1 aromatic heterocycles. The molecule has 4 rings (SSSR count). The summed E-state index contributed by atoms with van der Waals surface area (Å²) in [6, 6.07) is 18.5. The fraction of sp³-hybridized carbons (Fsp3) is 0.263. The van der Waals surface area contributed by atoms with Gasteiger partial charge in [-0.15, -0.1) is 10.2 Å². The number of para-hydroxylation sites is 1. The Kier molecular flexibility index (Phi) is 4.26. The summed E-state index contributed by atoms with van der Waals surface area (Å²) in [5.41, 5.74) is 2.35. The van der Waals surface area contributed by atoms with E-state index < -0.39 is 0 Å². The first-order chi connectivity index (χ1) is 11.8. The standard InChI is InChI=1S/C19H19N3OS/c1-23-17-9-5-6-14(12-17)13-24-19-21-20-18(15-10-11-15)22(19)16-7-3-2-4-8-16/h2-9,12,15H,10-11,13H2,1H3. The number of rotatable bonds is 6. The van der Waals surface area contributed by atoms with Crippen molar-refractivity contribution in [1.82, 2.24) is 14.8 Å². The van der Waals surface area contributed by atoms with Crippen LogP contribution in [0.4, 0.5) is 0 Å². The molecule has 1 aliphatic carbocycles. The molecular weight excluding hydrogens is 318 g/mol. The normalized spacial score (nSPS) is 13.9. The highest BCUT2D eigenvalue weighted by molar-refractivity contribution is 7.98. The Morgan fingerprint density at radius 2 is 1.92 bits per heavy atom. The summed E-state index contributed by atoms with van der Waals surface area (Å²) >= 11 is 1.71. The molecule has 2 aromatic carbocycles. The molecule has 0 saturated heterocycles. The lowest BCUT2D eigenvalue weighted by molar-refractivity contribution is 0.414. The topological polar surface area (TPSA) is 39.9 Å². The zero-order valence-electron chi connectivity index (χ0n) is 13.6. The van der Waals surface area contributed by atoms with Crippen molar-refractivity contribution in [2.24, 2.45) is 0 Å². The molecule has 1 heterocycles. The van der Waals surface area contributed by atoms with Gasteiger partial charge in [0.25, 0.3) is 0 Å². The molecule has 0 radical (unpaired) electrons. The van der Waals surface area contributed by atoms with Gasteiger partial charge >= 0.3 is 0 Å². The summed E-state index contributed by atoms with van der Waals surface area (Å²) in [5.74, 6) is 3.38. The van der Waals surface area contributed by atoms with Gasteiger partial charge in [-0.2, -0.15) is 0 Å². The van der Waals surface area contributed by atoms with Gasteiger partial charge in [0.1, 0.15) is 11.6 Å². The van der Waals surface area contributed by atoms with Gasteiger partial charge in [0.15, 0.2) is 5.16 Å². The number of nitrogens with zero attached hydrogens (tertiary/aromatic N) is 3. The van der Waals surface area contributed by atoms with Gasteiger partial charge in [0.2, 0.25) is 0 Å². The first kappa shape index (κ1) is 15.3. The van der Waals surface area contributed by atoms with Crippen LogP contribution in [-0.4, -0.2) is 21.9 Å². The predicted octanol–water partition coefficient (Wildman–Crippen LogP) is 4.45. The third kappa shape index (κ3) is 3.17. The van der Waals surface area contributed by atoms with E-state index in [2.05, 4.69) is 51.2 Å². The Labute approximate surface area is 145 Å². The van der Waals surface area contributed by atoms with Gasteiger partial charge in [-0.3, -0.25) is 4.57 Å². The maximum atomic E-state index is 5.30. The van der Waals surface area contributed by atoms with Crippen molar-refractivity contribution in [3.63, 3.8) is 0 Å². The first-order valence-electron chi connectivity index (χ1n) is 8.11. The molecule has 0 spiro atoms. The molecule has 0 N–H and O–H groups in total. The minimum Gasteiger partial charge on any atom is -0.497 e. The molecule has 4 nitrogen and oxygen atoms in total. The molecule has 1 saturated carbocycles.